The molecule has 0 saturated heterocycles. The van der Waals surface area contributed by atoms with Crippen LogP contribution >= 0.6 is 7.60 Å². The van der Waals surface area contributed by atoms with Crippen LogP contribution in [0.4, 0.5) is 4.39 Å². The maximum atomic E-state index is 13.4. The van der Waals surface area contributed by atoms with Crippen LogP contribution in [0.5, 0.6) is 11.6 Å². The van der Waals surface area contributed by atoms with Crippen molar-refractivity contribution < 1.29 is 33.0 Å². The molecular formula is C26H29FN3O6P. The van der Waals surface area contributed by atoms with Crippen LogP contribution in [-0.2, 0) is 20.2 Å². The Labute approximate surface area is 213 Å². The molecule has 0 saturated carbocycles. The fourth-order valence-electron chi connectivity index (χ4n) is 4.30. The molecule has 0 aliphatic carbocycles. The molecule has 0 spiro atoms. The van der Waals surface area contributed by atoms with Gasteiger partial charge in [0.25, 0.3) is 5.91 Å². The Hall–Kier alpha value is -3.46. The summed E-state index contributed by atoms with van der Waals surface area (Å²) in [5, 5.41) is 25.6. The molecule has 3 N–H and O–H groups in total. The lowest BCUT2D eigenvalue weighted by Crippen LogP contribution is -2.25. The van der Waals surface area contributed by atoms with Crippen LogP contribution in [0.3, 0.4) is 0 Å². The summed E-state index contributed by atoms with van der Waals surface area (Å²) in [6.45, 7) is 4.38. The van der Waals surface area contributed by atoms with E-state index in [1.165, 1.54) is 22.9 Å². The number of phenols is 1. The Kier molecular flexibility index (Phi) is 8.12. The third-order valence-electron chi connectivity index (χ3n) is 5.90. The Morgan fingerprint density at radius 1 is 1.11 bits per heavy atom. The number of carbonyl (C=O) groups excluding carboxylic acids is 1. The molecule has 2 heterocycles. The van der Waals surface area contributed by atoms with E-state index < -0.39 is 13.5 Å². The van der Waals surface area contributed by atoms with Gasteiger partial charge in [-0.2, -0.15) is 0 Å². The zero-order chi connectivity index (χ0) is 26.6. The molecule has 196 valence electrons. The smallest absolute Gasteiger partial charge is 0.330 e. The van der Waals surface area contributed by atoms with Gasteiger partial charge in [0.15, 0.2) is 5.75 Å². The molecule has 0 aliphatic heterocycles. The van der Waals surface area contributed by atoms with Gasteiger partial charge < -0.3 is 29.1 Å². The molecule has 4 aromatic rings. The van der Waals surface area contributed by atoms with Crippen molar-refractivity contribution in [1.82, 2.24) is 14.9 Å². The molecule has 11 heteroatoms. The molecule has 0 radical (unpaired) electrons. The lowest BCUT2D eigenvalue weighted by molar-refractivity contribution is 0.0956. The average molecular weight is 530 g/mol. The topological polar surface area (TPSA) is 123 Å². The van der Waals surface area contributed by atoms with Crippen LogP contribution < -0.4 is 5.32 Å². The van der Waals surface area contributed by atoms with Gasteiger partial charge in [0.2, 0.25) is 5.88 Å². The number of aromatic hydroxyl groups is 2. The molecule has 37 heavy (non-hydrogen) atoms. The van der Waals surface area contributed by atoms with Crippen LogP contribution in [-0.4, -0.2) is 51.6 Å². The summed E-state index contributed by atoms with van der Waals surface area (Å²) in [7, 11) is -3.23. The van der Waals surface area contributed by atoms with Gasteiger partial charge in [0.1, 0.15) is 11.3 Å². The summed E-state index contributed by atoms with van der Waals surface area (Å²) < 4.78 is 38.1. The highest BCUT2D eigenvalue weighted by atomic mass is 31.2. The summed E-state index contributed by atoms with van der Waals surface area (Å²) in [6.07, 6.45) is 3.57. The van der Waals surface area contributed by atoms with Crippen molar-refractivity contribution in [2.45, 2.75) is 26.8 Å². The minimum atomic E-state index is -3.23. The summed E-state index contributed by atoms with van der Waals surface area (Å²) in [5.74, 6) is -1.30. The Morgan fingerprint density at radius 2 is 1.81 bits per heavy atom. The van der Waals surface area contributed by atoms with E-state index >= 15 is 0 Å². The lowest BCUT2D eigenvalue weighted by atomic mass is 10.0. The van der Waals surface area contributed by atoms with Crippen molar-refractivity contribution in [2.24, 2.45) is 0 Å². The predicted molar refractivity (Wildman–Crippen MR) is 139 cm³/mol. The number of aromatic nitrogens is 2. The quantitative estimate of drug-likeness (QED) is 0.181. The van der Waals surface area contributed by atoms with E-state index in [0.29, 0.717) is 17.2 Å². The standard InChI is InChI=1S/C26H29FN3O6P/c1-3-35-37(34,36-4-2)14-6-13-29-25(32)21-19-7-5-12-28-23(19)24(31)22-20(21)16-30(26(22)33)15-17-8-10-18(27)11-9-17/h5,7-12,16,31,33H,3-4,6,13-15H2,1-2H3,(H,29,32). The van der Waals surface area contributed by atoms with Crippen LogP contribution in [0.2, 0.25) is 0 Å². The molecule has 0 aliphatic rings. The second kappa shape index (κ2) is 11.3. The van der Waals surface area contributed by atoms with Crippen molar-refractivity contribution in [3.8, 4) is 11.6 Å². The maximum Gasteiger partial charge on any atom is 0.330 e. The predicted octanol–water partition coefficient (Wildman–Crippen LogP) is 5.17. The van der Waals surface area contributed by atoms with E-state index in [-0.39, 0.29) is 66.4 Å². The molecule has 2 aromatic carbocycles. The zero-order valence-corrected chi connectivity index (χ0v) is 21.5. The van der Waals surface area contributed by atoms with Crippen molar-refractivity contribution in [3.05, 3.63) is 65.7 Å². The number of amides is 1. The highest BCUT2D eigenvalue weighted by molar-refractivity contribution is 7.53. The van der Waals surface area contributed by atoms with Crippen molar-refractivity contribution >= 4 is 35.2 Å². The molecule has 4 rings (SSSR count). The van der Waals surface area contributed by atoms with Crippen LogP contribution in [0.15, 0.2) is 48.8 Å². The first-order chi connectivity index (χ1) is 17.8. The van der Waals surface area contributed by atoms with Gasteiger partial charge in [-0.05, 0) is 44.0 Å². The largest absolute Gasteiger partial charge is 0.505 e. The van der Waals surface area contributed by atoms with Crippen molar-refractivity contribution in [2.75, 3.05) is 25.9 Å². The second-order valence-corrected chi connectivity index (χ2v) is 10.6. The fourth-order valence-corrected chi connectivity index (χ4v) is 5.97. The van der Waals surface area contributed by atoms with Gasteiger partial charge in [0.05, 0.1) is 36.9 Å². The number of rotatable bonds is 11. The first kappa shape index (κ1) is 26.6. The Bertz CT molecular complexity index is 1460. The summed E-state index contributed by atoms with van der Waals surface area (Å²) in [5.41, 5.74) is 1.13. The average Bonchev–Trinajstić information content (AvgIpc) is 3.19. The number of halogens is 1. The number of hydrogen-bond donors (Lipinski definition) is 3. The minimum Gasteiger partial charge on any atom is -0.505 e. The van der Waals surface area contributed by atoms with Gasteiger partial charge in [-0.25, -0.2) is 4.39 Å². The molecular weight excluding hydrogens is 500 g/mol. The van der Waals surface area contributed by atoms with E-state index in [1.807, 2.05) is 0 Å². The van der Waals surface area contributed by atoms with Gasteiger partial charge >= 0.3 is 7.60 Å². The Balaban J connectivity index is 1.66. The zero-order valence-electron chi connectivity index (χ0n) is 20.6. The molecule has 2 aromatic heterocycles. The van der Waals surface area contributed by atoms with E-state index in [2.05, 4.69) is 10.3 Å². The third-order valence-corrected chi connectivity index (χ3v) is 8.06. The number of nitrogens with one attached hydrogen (secondary N) is 1. The molecule has 9 nitrogen and oxygen atoms in total. The van der Waals surface area contributed by atoms with E-state index in [1.54, 1.807) is 44.3 Å². The minimum absolute atomic E-state index is 0.0932. The van der Waals surface area contributed by atoms with Crippen LogP contribution in [0.1, 0.15) is 36.2 Å². The van der Waals surface area contributed by atoms with Crippen molar-refractivity contribution in [3.63, 3.8) is 0 Å². The number of carbonyl (C=O) groups is 1. The normalized spacial score (nSPS) is 11.9. The van der Waals surface area contributed by atoms with Gasteiger partial charge in [-0.15, -0.1) is 0 Å². The van der Waals surface area contributed by atoms with Crippen molar-refractivity contribution in [1.29, 1.82) is 0 Å². The number of fused-ring (bicyclic) bond motifs is 2. The number of hydrogen-bond acceptors (Lipinski definition) is 7. The number of pyridine rings is 1. The van der Waals surface area contributed by atoms with Gasteiger partial charge in [0, 0.05) is 29.7 Å². The molecule has 1 amide bonds. The SMILES string of the molecule is CCOP(=O)(CCCNC(=O)c1c2cccnc2c(O)c2c(O)n(Cc3ccc(F)cc3)cc12)OCC. The molecule has 0 unspecified atom stereocenters. The Morgan fingerprint density at radius 3 is 2.49 bits per heavy atom. The van der Waals surface area contributed by atoms with Gasteiger partial charge in [-0.3, -0.25) is 14.3 Å². The van der Waals surface area contributed by atoms with E-state index in [0.717, 1.165) is 5.56 Å². The first-order valence-electron chi connectivity index (χ1n) is 12.0. The van der Waals surface area contributed by atoms with E-state index in [9.17, 15) is 24.0 Å². The first-order valence-corrected chi connectivity index (χ1v) is 13.7. The number of benzene rings is 2. The highest BCUT2D eigenvalue weighted by Gasteiger charge is 2.26. The molecule has 0 atom stereocenters. The summed E-state index contributed by atoms with van der Waals surface area (Å²) in [4.78, 5) is 17.6. The highest BCUT2D eigenvalue weighted by Crippen LogP contribution is 2.48. The maximum absolute atomic E-state index is 13.4. The molecule has 0 bridgehead atoms. The summed E-state index contributed by atoms with van der Waals surface area (Å²) >= 11 is 0. The van der Waals surface area contributed by atoms with Crippen LogP contribution in [0.25, 0.3) is 21.7 Å². The number of nitrogens with zero attached hydrogens (tertiary/aromatic N) is 2. The lowest BCUT2D eigenvalue weighted by Gasteiger charge is -2.17. The van der Waals surface area contributed by atoms with Crippen LogP contribution in [0, 0.1) is 5.82 Å². The molecule has 0 fully saturated rings. The monoisotopic (exact) mass is 529 g/mol. The van der Waals surface area contributed by atoms with Gasteiger partial charge in [-0.1, -0.05) is 18.2 Å². The third kappa shape index (κ3) is 5.61. The van der Waals surface area contributed by atoms with E-state index in [4.69, 9.17) is 9.05 Å². The second-order valence-electron chi connectivity index (χ2n) is 8.40. The fraction of sp³-hybridized carbons (Fsp3) is 0.308. The number of phenolic OH excluding ortho intramolecular Hbond substituents is 1. The summed E-state index contributed by atoms with van der Waals surface area (Å²) in [6, 6.07) is 9.14.